The van der Waals surface area contributed by atoms with E-state index in [0.717, 1.165) is 11.3 Å². The lowest BCUT2D eigenvalue weighted by Gasteiger charge is -2.25. The molecular weight excluding hydrogens is 286 g/mol. The molecule has 3 atom stereocenters. The largest absolute Gasteiger partial charge is 0.497 e. The van der Waals surface area contributed by atoms with Crippen LogP contribution in [0.25, 0.3) is 0 Å². The van der Waals surface area contributed by atoms with Crippen LogP contribution in [0.3, 0.4) is 0 Å². The number of hydrogen-bond acceptors (Lipinski definition) is 5. The fraction of sp³-hybridized carbons (Fsp3) is 0.562. The maximum atomic E-state index is 11.6. The van der Waals surface area contributed by atoms with Crippen molar-refractivity contribution in [3.63, 3.8) is 0 Å². The number of aliphatic hydroxyl groups is 1. The molecule has 0 saturated carbocycles. The predicted molar refractivity (Wildman–Crippen MR) is 81.5 cm³/mol. The van der Waals surface area contributed by atoms with Gasteiger partial charge in [0.2, 0.25) is 0 Å². The lowest BCUT2D eigenvalue weighted by Crippen LogP contribution is -2.39. The highest BCUT2D eigenvalue weighted by Gasteiger charge is 2.28. The summed E-state index contributed by atoms with van der Waals surface area (Å²) in [5, 5.41) is 19.7. The lowest BCUT2D eigenvalue weighted by molar-refractivity contribution is -0.168. The van der Waals surface area contributed by atoms with Crippen LogP contribution in [0, 0.1) is 11.8 Å². The van der Waals surface area contributed by atoms with Gasteiger partial charge in [-0.1, -0.05) is 26.0 Å². The number of aliphatic hydroxyl groups excluding tert-OH is 1. The molecule has 0 heterocycles. The van der Waals surface area contributed by atoms with Gasteiger partial charge in [0.05, 0.1) is 32.3 Å². The number of carbonyl (C=O) groups excluding carboxylic acids is 1. The van der Waals surface area contributed by atoms with Crippen molar-refractivity contribution >= 4 is 5.91 Å². The topological polar surface area (TPSA) is 79.2 Å². The first-order valence-electron chi connectivity index (χ1n) is 7.22. The van der Waals surface area contributed by atoms with Crippen molar-refractivity contribution in [1.82, 2.24) is 5.06 Å². The van der Waals surface area contributed by atoms with Crippen LogP contribution in [-0.2, 0) is 16.1 Å². The number of hydrogen-bond donors (Lipinski definition) is 2. The highest BCUT2D eigenvalue weighted by Crippen LogP contribution is 2.17. The molecule has 0 saturated heterocycles. The number of methoxy groups -OCH3 is 1. The van der Waals surface area contributed by atoms with Gasteiger partial charge in [0.15, 0.2) is 0 Å². The molecule has 1 aromatic carbocycles. The van der Waals surface area contributed by atoms with Crippen LogP contribution < -0.4 is 4.74 Å². The summed E-state index contributed by atoms with van der Waals surface area (Å²) in [5.74, 6) is -0.644. The number of ether oxygens (including phenoxy) is 2. The third kappa shape index (κ3) is 5.29. The van der Waals surface area contributed by atoms with Crippen molar-refractivity contribution in [2.45, 2.75) is 26.6 Å². The SMILES string of the molecule is COc1ccc(COC[C@H](C)[C@H](O)[C@@H](C)C(=O)N(C)O)cc1. The number of carbonyl (C=O) groups is 1. The highest BCUT2D eigenvalue weighted by molar-refractivity contribution is 5.77. The number of amides is 1. The van der Waals surface area contributed by atoms with Gasteiger partial charge in [-0.2, -0.15) is 0 Å². The van der Waals surface area contributed by atoms with Crippen molar-refractivity contribution in [1.29, 1.82) is 0 Å². The maximum Gasteiger partial charge on any atom is 0.251 e. The molecule has 1 rings (SSSR count). The van der Waals surface area contributed by atoms with Gasteiger partial charge in [0, 0.05) is 13.0 Å². The van der Waals surface area contributed by atoms with E-state index in [9.17, 15) is 9.90 Å². The normalized spacial score (nSPS) is 15.0. The van der Waals surface area contributed by atoms with Crippen molar-refractivity contribution in [3.8, 4) is 5.75 Å². The fourth-order valence-corrected chi connectivity index (χ4v) is 2.12. The third-order valence-corrected chi connectivity index (χ3v) is 3.61. The Morgan fingerprint density at radius 3 is 2.36 bits per heavy atom. The van der Waals surface area contributed by atoms with Crippen molar-refractivity contribution < 1.29 is 24.6 Å². The molecule has 0 aliphatic carbocycles. The van der Waals surface area contributed by atoms with Gasteiger partial charge in [-0.15, -0.1) is 0 Å². The van der Waals surface area contributed by atoms with Gasteiger partial charge in [-0.25, -0.2) is 5.06 Å². The summed E-state index contributed by atoms with van der Waals surface area (Å²) in [6.07, 6.45) is -0.877. The Kier molecular flexibility index (Phi) is 7.31. The fourth-order valence-electron chi connectivity index (χ4n) is 2.12. The van der Waals surface area contributed by atoms with Crippen LogP contribution in [0.4, 0.5) is 0 Å². The first-order valence-corrected chi connectivity index (χ1v) is 7.22. The zero-order chi connectivity index (χ0) is 16.7. The van der Waals surface area contributed by atoms with E-state index in [0.29, 0.717) is 18.3 Å². The Hall–Kier alpha value is -1.63. The van der Waals surface area contributed by atoms with E-state index in [1.165, 1.54) is 7.05 Å². The number of benzene rings is 1. The number of rotatable bonds is 8. The van der Waals surface area contributed by atoms with E-state index in [2.05, 4.69) is 0 Å². The molecule has 0 spiro atoms. The van der Waals surface area contributed by atoms with Crippen molar-refractivity contribution in [2.75, 3.05) is 20.8 Å². The van der Waals surface area contributed by atoms with Crippen LogP contribution in [0.5, 0.6) is 5.75 Å². The van der Waals surface area contributed by atoms with E-state index < -0.39 is 17.9 Å². The minimum atomic E-state index is -0.877. The monoisotopic (exact) mass is 311 g/mol. The molecular formula is C16H25NO5. The standard InChI is InChI=1S/C16H25NO5/c1-11(15(18)12(2)16(19)17(3)20)9-22-10-13-5-7-14(21-4)8-6-13/h5-8,11-12,15,18,20H,9-10H2,1-4H3/t11-,12+,15-/m0/s1. The van der Waals surface area contributed by atoms with E-state index in [4.69, 9.17) is 14.7 Å². The Labute approximate surface area is 131 Å². The van der Waals surface area contributed by atoms with Gasteiger partial charge in [-0.05, 0) is 17.7 Å². The lowest BCUT2D eigenvalue weighted by atomic mass is 9.93. The summed E-state index contributed by atoms with van der Waals surface area (Å²) in [6, 6.07) is 7.53. The molecule has 124 valence electrons. The average molecular weight is 311 g/mol. The minimum absolute atomic E-state index is 0.225. The number of nitrogens with zero attached hydrogens (tertiary/aromatic N) is 1. The molecule has 2 N–H and O–H groups in total. The first kappa shape index (κ1) is 18.4. The van der Waals surface area contributed by atoms with Crippen LogP contribution >= 0.6 is 0 Å². The van der Waals surface area contributed by atoms with Gasteiger partial charge in [-0.3, -0.25) is 10.0 Å². The molecule has 6 nitrogen and oxygen atoms in total. The molecule has 0 aliphatic heterocycles. The minimum Gasteiger partial charge on any atom is -0.497 e. The van der Waals surface area contributed by atoms with E-state index in [-0.39, 0.29) is 5.92 Å². The molecule has 6 heteroatoms. The van der Waals surface area contributed by atoms with E-state index in [1.54, 1.807) is 21.0 Å². The second-order valence-electron chi connectivity index (χ2n) is 5.48. The van der Waals surface area contributed by atoms with Gasteiger partial charge < -0.3 is 14.6 Å². The van der Waals surface area contributed by atoms with Crippen LogP contribution in [0.2, 0.25) is 0 Å². The molecule has 1 aromatic rings. The Balaban J connectivity index is 2.41. The van der Waals surface area contributed by atoms with Crippen LogP contribution in [0.15, 0.2) is 24.3 Å². The second kappa shape index (κ2) is 8.73. The van der Waals surface area contributed by atoms with Crippen molar-refractivity contribution in [2.24, 2.45) is 11.8 Å². The summed E-state index contributed by atoms with van der Waals surface area (Å²) < 4.78 is 10.7. The summed E-state index contributed by atoms with van der Waals surface area (Å²) in [4.78, 5) is 11.6. The maximum absolute atomic E-state index is 11.6. The molecule has 0 bridgehead atoms. The molecule has 0 aliphatic rings. The van der Waals surface area contributed by atoms with Gasteiger partial charge in [0.1, 0.15) is 5.75 Å². The van der Waals surface area contributed by atoms with Crippen LogP contribution in [-0.4, -0.2) is 48.2 Å². The summed E-state index contributed by atoms with van der Waals surface area (Å²) >= 11 is 0. The third-order valence-electron chi connectivity index (χ3n) is 3.61. The highest BCUT2D eigenvalue weighted by atomic mass is 16.5. The first-order chi connectivity index (χ1) is 10.4. The molecule has 0 unspecified atom stereocenters. The smallest absolute Gasteiger partial charge is 0.251 e. The van der Waals surface area contributed by atoms with Gasteiger partial charge in [0.25, 0.3) is 5.91 Å². The van der Waals surface area contributed by atoms with Gasteiger partial charge >= 0.3 is 0 Å². The summed E-state index contributed by atoms with van der Waals surface area (Å²) in [6.45, 7) is 4.13. The predicted octanol–water partition coefficient (Wildman–Crippen LogP) is 1.69. The summed E-state index contributed by atoms with van der Waals surface area (Å²) in [5.41, 5.74) is 1.00. The molecule has 0 aromatic heterocycles. The Morgan fingerprint density at radius 1 is 1.27 bits per heavy atom. The second-order valence-corrected chi connectivity index (χ2v) is 5.48. The molecule has 1 amide bonds. The Bertz CT molecular complexity index is 460. The summed E-state index contributed by atoms with van der Waals surface area (Å²) in [7, 11) is 2.86. The average Bonchev–Trinajstić information content (AvgIpc) is 2.53. The van der Waals surface area contributed by atoms with E-state index in [1.807, 2.05) is 24.3 Å². The molecule has 0 fully saturated rings. The van der Waals surface area contributed by atoms with Crippen molar-refractivity contribution in [3.05, 3.63) is 29.8 Å². The zero-order valence-corrected chi connectivity index (χ0v) is 13.5. The zero-order valence-electron chi connectivity index (χ0n) is 13.5. The van der Waals surface area contributed by atoms with Crippen LogP contribution in [0.1, 0.15) is 19.4 Å². The molecule has 22 heavy (non-hydrogen) atoms. The quantitative estimate of drug-likeness (QED) is 0.564. The molecule has 0 radical (unpaired) electrons. The van der Waals surface area contributed by atoms with E-state index >= 15 is 0 Å². The Morgan fingerprint density at radius 2 is 1.86 bits per heavy atom. The number of hydroxylamine groups is 2.